The smallest absolute Gasteiger partial charge is 0.156 e. The summed E-state index contributed by atoms with van der Waals surface area (Å²) in [6, 6.07) is 2.03. The van der Waals surface area contributed by atoms with Gasteiger partial charge in [0, 0.05) is 0 Å². The van der Waals surface area contributed by atoms with Crippen LogP contribution < -0.4 is 0 Å². The molecule has 0 fully saturated rings. The highest BCUT2D eigenvalue weighted by Crippen LogP contribution is 2.11. The molecule has 0 spiro atoms. The Morgan fingerprint density at radius 2 is 2.17 bits per heavy atom. The highest BCUT2D eigenvalue weighted by Gasteiger charge is 2.02. The minimum atomic E-state index is 0.952. The van der Waals surface area contributed by atoms with Crippen molar-refractivity contribution in [3.05, 3.63) is 27.2 Å². The Balaban J connectivity index is 2.88. The monoisotopic (exact) mass is 273 g/mol. The van der Waals surface area contributed by atoms with Crippen LogP contribution in [0, 0.1) is 17.5 Å². The molecule has 12 heavy (non-hydrogen) atoms. The molecule has 0 unspecified atom stereocenters. The highest BCUT2D eigenvalue weighted by atomic mass is 127. The summed E-state index contributed by atoms with van der Waals surface area (Å²) in [6.45, 7) is 4.02. The molecule has 62 valence electrons. The Hall–Kier alpha value is -0.650. The van der Waals surface area contributed by atoms with Gasteiger partial charge in [0.05, 0.1) is 11.9 Å². The fourth-order valence-electron chi connectivity index (χ4n) is 1.21. The number of hydrogen-bond acceptors (Lipinski definition) is 2. The largest absolute Gasteiger partial charge is 0.232 e. The van der Waals surface area contributed by atoms with Crippen molar-refractivity contribution in [2.75, 3.05) is 0 Å². The van der Waals surface area contributed by atoms with Gasteiger partial charge in [-0.2, -0.15) is 5.10 Å². The number of imidazole rings is 1. The number of nitrogens with zero attached hydrogens (tertiary/aromatic N) is 3. The van der Waals surface area contributed by atoms with Crippen LogP contribution in [0.2, 0.25) is 0 Å². The first-order chi connectivity index (χ1) is 5.66. The summed E-state index contributed by atoms with van der Waals surface area (Å²) in [4.78, 5) is 4.35. The van der Waals surface area contributed by atoms with E-state index in [0.29, 0.717) is 0 Å². The van der Waals surface area contributed by atoms with Crippen LogP contribution in [-0.4, -0.2) is 14.6 Å². The van der Waals surface area contributed by atoms with E-state index >= 15 is 0 Å². The van der Waals surface area contributed by atoms with Crippen LogP contribution in [-0.2, 0) is 0 Å². The molecular weight excluding hydrogens is 265 g/mol. The molecule has 4 heteroatoms. The van der Waals surface area contributed by atoms with Gasteiger partial charge in [0.25, 0.3) is 0 Å². The van der Waals surface area contributed by atoms with Crippen LogP contribution >= 0.6 is 22.6 Å². The second-order valence-electron chi connectivity index (χ2n) is 2.80. The van der Waals surface area contributed by atoms with Crippen LogP contribution in [0.4, 0.5) is 0 Å². The molecule has 0 aromatic carbocycles. The summed E-state index contributed by atoms with van der Waals surface area (Å²) < 4.78 is 2.82. The summed E-state index contributed by atoms with van der Waals surface area (Å²) in [7, 11) is 0. The van der Waals surface area contributed by atoms with Crippen molar-refractivity contribution in [2.24, 2.45) is 0 Å². The zero-order valence-electron chi connectivity index (χ0n) is 6.87. The average Bonchev–Trinajstić information content (AvgIpc) is 2.29. The summed E-state index contributed by atoms with van der Waals surface area (Å²) in [5, 5.41) is 4.30. The van der Waals surface area contributed by atoms with Crippen molar-refractivity contribution >= 4 is 28.2 Å². The summed E-state index contributed by atoms with van der Waals surface area (Å²) in [5.41, 5.74) is 3.13. The third-order valence-corrected chi connectivity index (χ3v) is 2.23. The molecule has 0 amide bonds. The van der Waals surface area contributed by atoms with Gasteiger partial charge in [-0.1, -0.05) is 0 Å². The number of hydrogen-bond donors (Lipinski definition) is 0. The van der Waals surface area contributed by atoms with Gasteiger partial charge < -0.3 is 0 Å². The van der Waals surface area contributed by atoms with E-state index in [1.165, 1.54) is 5.56 Å². The SMILES string of the molecule is Cc1cn2nc(I)cc(C)c2n1. The lowest BCUT2D eigenvalue weighted by molar-refractivity contribution is 0.905. The van der Waals surface area contributed by atoms with Gasteiger partial charge >= 0.3 is 0 Å². The summed E-state index contributed by atoms with van der Waals surface area (Å²) in [5.74, 6) is 0. The summed E-state index contributed by atoms with van der Waals surface area (Å²) in [6.07, 6.45) is 1.94. The lowest BCUT2D eigenvalue weighted by atomic mass is 10.3. The Morgan fingerprint density at radius 1 is 1.42 bits per heavy atom. The van der Waals surface area contributed by atoms with E-state index in [4.69, 9.17) is 0 Å². The zero-order chi connectivity index (χ0) is 8.72. The third-order valence-electron chi connectivity index (χ3n) is 1.70. The molecule has 2 aromatic heterocycles. The molecule has 2 aromatic rings. The number of aromatic nitrogens is 3. The van der Waals surface area contributed by atoms with Crippen molar-refractivity contribution in [1.29, 1.82) is 0 Å². The van der Waals surface area contributed by atoms with E-state index in [2.05, 4.69) is 32.7 Å². The van der Waals surface area contributed by atoms with Crippen molar-refractivity contribution < 1.29 is 0 Å². The van der Waals surface area contributed by atoms with E-state index in [0.717, 1.165) is 15.0 Å². The maximum atomic E-state index is 4.35. The van der Waals surface area contributed by atoms with Crippen molar-refractivity contribution in [3.63, 3.8) is 0 Å². The molecule has 0 N–H and O–H groups in total. The molecule has 0 aliphatic heterocycles. The minimum absolute atomic E-state index is 0.952. The maximum absolute atomic E-state index is 4.35. The first-order valence-corrected chi connectivity index (χ1v) is 4.74. The minimum Gasteiger partial charge on any atom is -0.232 e. The molecular formula is C8H8IN3. The number of halogens is 1. The molecule has 0 saturated heterocycles. The molecule has 0 radical (unpaired) electrons. The van der Waals surface area contributed by atoms with Gasteiger partial charge in [0.2, 0.25) is 0 Å². The highest BCUT2D eigenvalue weighted by molar-refractivity contribution is 14.1. The normalized spacial score (nSPS) is 10.9. The standard InChI is InChI=1S/C8H8IN3/c1-5-3-7(9)11-12-4-6(2)10-8(5)12/h3-4H,1-2H3. The van der Waals surface area contributed by atoms with Gasteiger partial charge in [0.1, 0.15) is 3.70 Å². The van der Waals surface area contributed by atoms with E-state index in [1.807, 2.05) is 30.6 Å². The van der Waals surface area contributed by atoms with Crippen LogP contribution in [0.5, 0.6) is 0 Å². The van der Waals surface area contributed by atoms with E-state index < -0.39 is 0 Å². The molecule has 2 rings (SSSR count). The summed E-state index contributed by atoms with van der Waals surface area (Å²) >= 11 is 2.20. The Kier molecular flexibility index (Phi) is 1.79. The van der Waals surface area contributed by atoms with E-state index in [-0.39, 0.29) is 0 Å². The van der Waals surface area contributed by atoms with Gasteiger partial charge in [0.15, 0.2) is 5.65 Å². The van der Waals surface area contributed by atoms with Gasteiger partial charge in [-0.3, -0.25) is 0 Å². The topological polar surface area (TPSA) is 30.2 Å². The third kappa shape index (κ3) is 1.20. The Morgan fingerprint density at radius 3 is 2.92 bits per heavy atom. The lowest BCUT2D eigenvalue weighted by Gasteiger charge is -1.96. The molecule has 0 atom stereocenters. The predicted molar refractivity (Wildman–Crippen MR) is 55.2 cm³/mol. The molecule has 0 saturated carbocycles. The first kappa shape index (κ1) is 7.97. The van der Waals surface area contributed by atoms with Crippen LogP contribution in [0.25, 0.3) is 5.65 Å². The molecule has 0 aliphatic carbocycles. The van der Waals surface area contributed by atoms with Crippen LogP contribution in [0.1, 0.15) is 11.3 Å². The zero-order valence-corrected chi connectivity index (χ0v) is 9.03. The molecule has 2 heterocycles. The second kappa shape index (κ2) is 2.69. The molecule has 3 nitrogen and oxygen atoms in total. The van der Waals surface area contributed by atoms with Gasteiger partial charge in [-0.15, -0.1) is 0 Å². The van der Waals surface area contributed by atoms with Crippen LogP contribution in [0.3, 0.4) is 0 Å². The number of aryl methyl sites for hydroxylation is 2. The molecule has 0 bridgehead atoms. The average molecular weight is 273 g/mol. The van der Waals surface area contributed by atoms with Crippen molar-refractivity contribution in [3.8, 4) is 0 Å². The van der Waals surface area contributed by atoms with Crippen molar-refractivity contribution in [2.45, 2.75) is 13.8 Å². The van der Waals surface area contributed by atoms with Crippen molar-refractivity contribution in [1.82, 2.24) is 14.6 Å². The van der Waals surface area contributed by atoms with E-state index in [1.54, 1.807) is 0 Å². The lowest BCUT2D eigenvalue weighted by Crippen LogP contribution is -1.94. The fraction of sp³-hybridized carbons (Fsp3) is 0.250. The predicted octanol–water partition coefficient (Wildman–Crippen LogP) is 1.95. The maximum Gasteiger partial charge on any atom is 0.156 e. The first-order valence-electron chi connectivity index (χ1n) is 3.66. The van der Waals surface area contributed by atoms with Gasteiger partial charge in [-0.25, -0.2) is 9.50 Å². The Labute approximate surface area is 83.9 Å². The Bertz CT molecular complexity index is 433. The second-order valence-corrected chi connectivity index (χ2v) is 3.91. The quantitative estimate of drug-likeness (QED) is 0.687. The van der Waals surface area contributed by atoms with Gasteiger partial charge in [-0.05, 0) is 48.1 Å². The fourth-order valence-corrected chi connectivity index (χ4v) is 1.90. The molecule has 0 aliphatic rings. The van der Waals surface area contributed by atoms with E-state index in [9.17, 15) is 0 Å². The van der Waals surface area contributed by atoms with Crippen LogP contribution in [0.15, 0.2) is 12.3 Å². The number of rotatable bonds is 0. The number of fused-ring (bicyclic) bond motifs is 1.